The molecular weight excluding hydrogens is 745 g/mol. The number of esters is 3. The standard InChI is InChI=1S/C54H98O6/c1-4-7-10-13-16-19-22-25-27-29-32-35-38-41-44-47-53(56)59-50-51(49-58-52(55)46-43-40-37-34-31-24-21-18-15-12-9-6-3)60-54(57)48-45-42-39-36-33-30-28-26-23-20-17-14-11-8-5-2/h16,19,25,27,32,35,51H,4-15,17-18,20-24,26,28-31,33-34,36-50H2,1-3H3/b19-16-,27-25-,35-32-/t51-/m0/s1. The summed E-state index contributed by atoms with van der Waals surface area (Å²) in [5.41, 5.74) is 0. The van der Waals surface area contributed by atoms with Gasteiger partial charge in [0.2, 0.25) is 0 Å². The molecule has 0 rings (SSSR count). The Bertz CT molecular complexity index is 1020. The fourth-order valence-corrected chi connectivity index (χ4v) is 7.45. The van der Waals surface area contributed by atoms with E-state index in [2.05, 4.69) is 57.2 Å². The summed E-state index contributed by atoms with van der Waals surface area (Å²) in [4.78, 5) is 37.9. The fraction of sp³-hybridized carbons (Fsp3) is 0.833. The molecule has 0 aromatic rings. The van der Waals surface area contributed by atoms with Crippen LogP contribution >= 0.6 is 0 Å². The Morgan fingerprint density at radius 1 is 0.333 bits per heavy atom. The molecule has 0 aromatic carbocycles. The number of hydrogen-bond donors (Lipinski definition) is 0. The molecule has 60 heavy (non-hydrogen) atoms. The predicted octanol–water partition coefficient (Wildman–Crippen LogP) is 16.9. The average molecular weight is 843 g/mol. The summed E-state index contributed by atoms with van der Waals surface area (Å²) in [6.45, 7) is 6.60. The van der Waals surface area contributed by atoms with Gasteiger partial charge >= 0.3 is 17.9 Å². The van der Waals surface area contributed by atoms with Crippen molar-refractivity contribution in [1.29, 1.82) is 0 Å². The van der Waals surface area contributed by atoms with Crippen molar-refractivity contribution < 1.29 is 28.6 Å². The summed E-state index contributed by atoms with van der Waals surface area (Å²) in [7, 11) is 0. The molecule has 0 saturated carbocycles. The smallest absolute Gasteiger partial charge is 0.306 e. The number of ether oxygens (including phenoxy) is 3. The van der Waals surface area contributed by atoms with Crippen LogP contribution in [-0.2, 0) is 28.6 Å². The molecule has 0 aliphatic heterocycles. The van der Waals surface area contributed by atoms with Crippen molar-refractivity contribution in [3.63, 3.8) is 0 Å². The first-order chi connectivity index (χ1) is 29.5. The molecule has 0 spiro atoms. The SMILES string of the molecule is CCCCC/C=C\C/C=C\C/C=C\CCCCC(=O)OC[C@H](COC(=O)CCCCCCCCCCCCCC)OC(=O)CCCCCCCCCCCCCCCCC. The first-order valence-electron chi connectivity index (χ1n) is 26.0. The van der Waals surface area contributed by atoms with Crippen LogP contribution in [-0.4, -0.2) is 37.2 Å². The molecular formula is C54H98O6. The third-order valence-corrected chi connectivity index (χ3v) is 11.4. The quantitative estimate of drug-likeness (QED) is 0.0263. The van der Waals surface area contributed by atoms with Crippen LogP contribution in [0.5, 0.6) is 0 Å². The third-order valence-electron chi connectivity index (χ3n) is 11.4. The van der Waals surface area contributed by atoms with E-state index in [0.717, 1.165) is 70.6 Å². The topological polar surface area (TPSA) is 78.9 Å². The highest BCUT2D eigenvalue weighted by molar-refractivity contribution is 5.71. The molecule has 0 aliphatic carbocycles. The van der Waals surface area contributed by atoms with Gasteiger partial charge in [0.25, 0.3) is 0 Å². The second kappa shape index (κ2) is 49.3. The zero-order valence-corrected chi connectivity index (χ0v) is 40.0. The van der Waals surface area contributed by atoms with Gasteiger partial charge in [0.15, 0.2) is 6.10 Å². The monoisotopic (exact) mass is 843 g/mol. The second-order valence-electron chi connectivity index (χ2n) is 17.4. The van der Waals surface area contributed by atoms with Gasteiger partial charge in [-0.1, -0.05) is 231 Å². The van der Waals surface area contributed by atoms with Crippen LogP contribution in [0.1, 0.15) is 271 Å². The summed E-state index contributed by atoms with van der Waals surface area (Å²) in [6.07, 6.45) is 57.0. The first kappa shape index (κ1) is 57.6. The van der Waals surface area contributed by atoms with Crippen molar-refractivity contribution in [2.45, 2.75) is 277 Å². The summed E-state index contributed by atoms with van der Waals surface area (Å²) >= 11 is 0. The van der Waals surface area contributed by atoms with E-state index in [1.165, 1.54) is 161 Å². The molecule has 0 radical (unpaired) electrons. The van der Waals surface area contributed by atoms with Crippen LogP contribution in [0.4, 0.5) is 0 Å². The fourth-order valence-electron chi connectivity index (χ4n) is 7.45. The molecule has 0 aliphatic rings. The lowest BCUT2D eigenvalue weighted by Gasteiger charge is -2.18. The van der Waals surface area contributed by atoms with Crippen LogP contribution < -0.4 is 0 Å². The highest BCUT2D eigenvalue weighted by Gasteiger charge is 2.19. The molecule has 1 atom stereocenters. The number of carbonyl (C=O) groups is 3. The van der Waals surface area contributed by atoms with Crippen LogP contribution in [0.2, 0.25) is 0 Å². The Hall–Kier alpha value is -2.37. The summed E-state index contributed by atoms with van der Waals surface area (Å²) < 4.78 is 16.8. The predicted molar refractivity (Wildman–Crippen MR) is 256 cm³/mol. The van der Waals surface area contributed by atoms with Crippen LogP contribution in [0.25, 0.3) is 0 Å². The van der Waals surface area contributed by atoms with Crippen molar-refractivity contribution in [3.05, 3.63) is 36.5 Å². The molecule has 350 valence electrons. The minimum Gasteiger partial charge on any atom is -0.462 e. The van der Waals surface area contributed by atoms with Gasteiger partial charge in [-0.3, -0.25) is 14.4 Å². The molecule has 0 fully saturated rings. The summed E-state index contributed by atoms with van der Waals surface area (Å²) in [5.74, 6) is -0.908. The van der Waals surface area contributed by atoms with E-state index in [1.807, 2.05) is 0 Å². The molecule has 0 aromatic heterocycles. The van der Waals surface area contributed by atoms with E-state index in [1.54, 1.807) is 0 Å². The van der Waals surface area contributed by atoms with E-state index in [9.17, 15) is 14.4 Å². The molecule has 0 amide bonds. The highest BCUT2D eigenvalue weighted by Crippen LogP contribution is 2.16. The molecule has 6 heteroatoms. The first-order valence-corrected chi connectivity index (χ1v) is 26.0. The Kier molecular flexibility index (Phi) is 47.3. The number of allylic oxidation sites excluding steroid dienone is 6. The molecule has 0 N–H and O–H groups in total. The molecule has 0 saturated heterocycles. The minimum atomic E-state index is -0.781. The van der Waals surface area contributed by atoms with E-state index in [4.69, 9.17) is 14.2 Å². The van der Waals surface area contributed by atoms with Crippen LogP contribution in [0, 0.1) is 0 Å². The van der Waals surface area contributed by atoms with E-state index < -0.39 is 6.10 Å². The second-order valence-corrected chi connectivity index (χ2v) is 17.4. The van der Waals surface area contributed by atoms with Crippen molar-refractivity contribution in [1.82, 2.24) is 0 Å². The van der Waals surface area contributed by atoms with Crippen molar-refractivity contribution in [2.24, 2.45) is 0 Å². The van der Waals surface area contributed by atoms with Crippen molar-refractivity contribution >= 4 is 17.9 Å². The number of carbonyl (C=O) groups excluding carboxylic acids is 3. The van der Waals surface area contributed by atoms with Gasteiger partial charge in [0.05, 0.1) is 0 Å². The Morgan fingerprint density at radius 3 is 0.967 bits per heavy atom. The van der Waals surface area contributed by atoms with E-state index >= 15 is 0 Å². The Balaban J connectivity index is 4.40. The van der Waals surface area contributed by atoms with Crippen molar-refractivity contribution in [2.75, 3.05) is 13.2 Å². The van der Waals surface area contributed by atoms with Gasteiger partial charge in [-0.2, -0.15) is 0 Å². The van der Waals surface area contributed by atoms with Gasteiger partial charge in [-0.25, -0.2) is 0 Å². The lowest BCUT2D eigenvalue weighted by atomic mass is 10.0. The average Bonchev–Trinajstić information content (AvgIpc) is 3.24. The summed E-state index contributed by atoms with van der Waals surface area (Å²) in [5, 5.41) is 0. The van der Waals surface area contributed by atoms with Gasteiger partial charge in [-0.05, 0) is 57.8 Å². The van der Waals surface area contributed by atoms with Gasteiger partial charge < -0.3 is 14.2 Å². The summed E-state index contributed by atoms with van der Waals surface area (Å²) in [6, 6.07) is 0. The lowest BCUT2D eigenvalue weighted by molar-refractivity contribution is -0.167. The zero-order valence-electron chi connectivity index (χ0n) is 40.0. The highest BCUT2D eigenvalue weighted by atomic mass is 16.6. The Labute approximate surface area is 372 Å². The maximum Gasteiger partial charge on any atom is 0.306 e. The van der Waals surface area contributed by atoms with Gasteiger partial charge in [-0.15, -0.1) is 0 Å². The normalized spacial score (nSPS) is 12.2. The molecule has 0 heterocycles. The van der Waals surface area contributed by atoms with E-state index in [0.29, 0.717) is 19.3 Å². The van der Waals surface area contributed by atoms with Crippen molar-refractivity contribution in [3.8, 4) is 0 Å². The van der Waals surface area contributed by atoms with E-state index in [-0.39, 0.29) is 31.1 Å². The largest absolute Gasteiger partial charge is 0.462 e. The molecule has 6 nitrogen and oxygen atoms in total. The van der Waals surface area contributed by atoms with Crippen LogP contribution in [0.3, 0.4) is 0 Å². The minimum absolute atomic E-state index is 0.0799. The third kappa shape index (κ3) is 46.7. The number of hydrogen-bond acceptors (Lipinski definition) is 6. The Morgan fingerprint density at radius 2 is 0.600 bits per heavy atom. The van der Waals surface area contributed by atoms with Gasteiger partial charge in [0.1, 0.15) is 13.2 Å². The number of unbranched alkanes of at least 4 members (excludes halogenated alkanes) is 30. The maximum absolute atomic E-state index is 12.8. The number of rotatable bonds is 47. The van der Waals surface area contributed by atoms with Crippen LogP contribution in [0.15, 0.2) is 36.5 Å². The van der Waals surface area contributed by atoms with Gasteiger partial charge in [0, 0.05) is 19.3 Å². The molecule has 0 unspecified atom stereocenters. The lowest BCUT2D eigenvalue weighted by Crippen LogP contribution is -2.30. The molecule has 0 bridgehead atoms. The zero-order chi connectivity index (χ0) is 43.7. The maximum atomic E-state index is 12.8.